The van der Waals surface area contributed by atoms with Gasteiger partial charge in [0.1, 0.15) is 17.0 Å². The topological polar surface area (TPSA) is 66.9 Å². The second-order valence-corrected chi connectivity index (χ2v) is 7.14. The van der Waals surface area contributed by atoms with Crippen LogP contribution >= 0.6 is 22.9 Å². The molecule has 2 N–H and O–H groups in total. The summed E-state index contributed by atoms with van der Waals surface area (Å²) in [5, 5.41) is 7.85. The first-order chi connectivity index (χ1) is 12.2. The number of amides is 1. The number of anilines is 1. The molecule has 0 aliphatic heterocycles. The highest BCUT2D eigenvalue weighted by Gasteiger charge is 2.08. The molecule has 3 rings (SSSR count). The van der Waals surface area contributed by atoms with E-state index >= 15 is 0 Å². The lowest BCUT2D eigenvalue weighted by molar-refractivity contribution is -0.121. The van der Waals surface area contributed by atoms with Crippen molar-refractivity contribution < 1.29 is 4.79 Å². The van der Waals surface area contributed by atoms with Gasteiger partial charge in [0.25, 0.3) is 0 Å². The van der Waals surface area contributed by atoms with Crippen LogP contribution in [0.5, 0.6) is 0 Å². The Morgan fingerprint density at radius 3 is 2.80 bits per heavy atom. The van der Waals surface area contributed by atoms with Gasteiger partial charge >= 0.3 is 0 Å². The summed E-state index contributed by atoms with van der Waals surface area (Å²) in [6.07, 6.45) is 2.92. The van der Waals surface area contributed by atoms with E-state index in [0.29, 0.717) is 24.5 Å². The Labute approximate surface area is 155 Å². The van der Waals surface area contributed by atoms with Crippen LogP contribution in [0.15, 0.2) is 36.7 Å². The zero-order valence-corrected chi connectivity index (χ0v) is 15.5. The summed E-state index contributed by atoms with van der Waals surface area (Å²) in [6, 6.07) is 9.55. The van der Waals surface area contributed by atoms with Crippen LogP contribution in [0.25, 0.3) is 10.2 Å². The van der Waals surface area contributed by atoms with Crippen LogP contribution in [0.3, 0.4) is 0 Å². The van der Waals surface area contributed by atoms with Gasteiger partial charge in [0.05, 0.1) is 5.39 Å². The van der Waals surface area contributed by atoms with Gasteiger partial charge in [0.2, 0.25) is 5.91 Å². The van der Waals surface area contributed by atoms with Crippen LogP contribution in [0, 0.1) is 0 Å². The smallest absolute Gasteiger partial charge is 0.222 e. The maximum atomic E-state index is 12.0. The molecule has 0 saturated carbocycles. The molecule has 2 aromatic heterocycles. The number of carbonyl (C=O) groups is 1. The Hall–Kier alpha value is -2.18. The molecule has 130 valence electrons. The molecule has 0 radical (unpaired) electrons. The Balaban J connectivity index is 1.50. The molecule has 2 heterocycles. The molecule has 0 aliphatic carbocycles. The molecular formula is C18H19ClN4OS. The van der Waals surface area contributed by atoms with Gasteiger partial charge in [0, 0.05) is 29.4 Å². The standard InChI is InChI=1S/C18H19ClN4OS/c1-2-14-9-15-17(22-11-23-18(15)25-14)20-8-7-16(24)21-10-12-3-5-13(19)6-4-12/h3-6,9,11H,2,7-8,10H2,1H3,(H,21,24)(H,20,22,23). The van der Waals surface area contributed by atoms with Crippen molar-refractivity contribution in [2.45, 2.75) is 26.3 Å². The fourth-order valence-electron chi connectivity index (χ4n) is 2.41. The summed E-state index contributed by atoms with van der Waals surface area (Å²) in [5.41, 5.74) is 1.02. The summed E-state index contributed by atoms with van der Waals surface area (Å²) in [4.78, 5) is 22.8. The van der Waals surface area contributed by atoms with Gasteiger partial charge in [0.15, 0.2) is 0 Å². The third-order valence-electron chi connectivity index (χ3n) is 3.78. The molecule has 25 heavy (non-hydrogen) atoms. The highest BCUT2D eigenvalue weighted by Crippen LogP contribution is 2.28. The third-order valence-corrected chi connectivity index (χ3v) is 5.22. The normalized spacial score (nSPS) is 10.8. The van der Waals surface area contributed by atoms with E-state index in [1.165, 1.54) is 4.88 Å². The van der Waals surface area contributed by atoms with Crippen LogP contribution < -0.4 is 10.6 Å². The first-order valence-corrected chi connectivity index (χ1v) is 9.33. The summed E-state index contributed by atoms with van der Waals surface area (Å²) >= 11 is 7.53. The van der Waals surface area contributed by atoms with Crippen molar-refractivity contribution in [1.29, 1.82) is 0 Å². The maximum absolute atomic E-state index is 12.0. The number of aryl methyl sites for hydroxylation is 1. The van der Waals surface area contributed by atoms with E-state index in [2.05, 4.69) is 33.6 Å². The van der Waals surface area contributed by atoms with Crippen molar-refractivity contribution in [2.24, 2.45) is 0 Å². The number of thiophene rings is 1. The summed E-state index contributed by atoms with van der Waals surface area (Å²) in [5.74, 6) is 0.777. The Bertz CT molecular complexity index is 863. The van der Waals surface area contributed by atoms with Gasteiger partial charge < -0.3 is 10.6 Å². The number of benzene rings is 1. The van der Waals surface area contributed by atoms with Crippen LogP contribution in [0.4, 0.5) is 5.82 Å². The fraction of sp³-hybridized carbons (Fsp3) is 0.278. The van der Waals surface area contributed by atoms with Gasteiger partial charge in [-0.05, 0) is 30.2 Å². The minimum absolute atomic E-state index is 0.00711. The van der Waals surface area contributed by atoms with E-state index < -0.39 is 0 Å². The van der Waals surface area contributed by atoms with Crippen LogP contribution in [-0.4, -0.2) is 22.4 Å². The molecule has 0 spiro atoms. The Morgan fingerprint density at radius 1 is 1.24 bits per heavy atom. The van der Waals surface area contributed by atoms with Crippen LogP contribution in [0.2, 0.25) is 5.02 Å². The predicted octanol–water partition coefficient (Wildman–Crippen LogP) is 4.03. The molecule has 7 heteroatoms. The average Bonchev–Trinajstić information content (AvgIpc) is 3.05. The lowest BCUT2D eigenvalue weighted by Gasteiger charge is -2.08. The van der Waals surface area contributed by atoms with Crippen molar-refractivity contribution in [1.82, 2.24) is 15.3 Å². The van der Waals surface area contributed by atoms with Crippen molar-refractivity contribution in [3.8, 4) is 0 Å². The SMILES string of the molecule is CCc1cc2c(NCCC(=O)NCc3ccc(Cl)cc3)ncnc2s1. The number of halogens is 1. The second kappa shape index (κ2) is 8.27. The number of carbonyl (C=O) groups excluding carboxylic acids is 1. The van der Waals surface area contributed by atoms with Crippen molar-refractivity contribution in [2.75, 3.05) is 11.9 Å². The molecule has 0 unspecified atom stereocenters. The van der Waals surface area contributed by atoms with Crippen LogP contribution in [-0.2, 0) is 17.8 Å². The highest BCUT2D eigenvalue weighted by atomic mass is 35.5. The minimum Gasteiger partial charge on any atom is -0.369 e. The van der Waals surface area contributed by atoms with E-state index in [1.807, 2.05) is 24.3 Å². The summed E-state index contributed by atoms with van der Waals surface area (Å²) in [6.45, 7) is 3.14. The fourth-order valence-corrected chi connectivity index (χ4v) is 3.47. The van der Waals surface area contributed by atoms with E-state index in [9.17, 15) is 4.79 Å². The minimum atomic E-state index is -0.00711. The zero-order chi connectivity index (χ0) is 17.6. The quantitative estimate of drug-likeness (QED) is 0.655. The number of rotatable bonds is 7. The van der Waals surface area contributed by atoms with Crippen molar-refractivity contribution in [3.63, 3.8) is 0 Å². The molecule has 0 aliphatic rings. The van der Waals surface area contributed by atoms with Gasteiger partial charge in [-0.1, -0.05) is 30.7 Å². The monoisotopic (exact) mass is 374 g/mol. The summed E-state index contributed by atoms with van der Waals surface area (Å²) < 4.78 is 0. The molecule has 0 atom stereocenters. The first kappa shape index (κ1) is 17.6. The predicted molar refractivity (Wildman–Crippen MR) is 103 cm³/mol. The van der Waals surface area contributed by atoms with Gasteiger partial charge in [-0.25, -0.2) is 9.97 Å². The lowest BCUT2D eigenvalue weighted by atomic mass is 10.2. The molecule has 0 fully saturated rings. The molecule has 0 bridgehead atoms. The number of hydrogen-bond acceptors (Lipinski definition) is 5. The van der Waals surface area contributed by atoms with E-state index in [-0.39, 0.29) is 5.91 Å². The Morgan fingerprint density at radius 2 is 2.04 bits per heavy atom. The second-order valence-electron chi connectivity index (χ2n) is 5.59. The molecule has 5 nitrogen and oxygen atoms in total. The third kappa shape index (κ3) is 4.67. The molecule has 1 aromatic carbocycles. The van der Waals surface area contributed by atoms with Gasteiger partial charge in [-0.3, -0.25) is 4.79 Å². The van der Waals surface area contributed by atoms with Gasteiger partial charge in [-0.15, -0.1) is 11.3 Å². The molecule has 0 saturated heterocycles. The molecule has 3 aromatic rings. The van der Waals surface area contributed by atoms with E-state index in [1.54, 1.807) is 17.7 Å². The van der Waals surface area contributed by atoms with Crippen molar-refractivity contribution >= 4 is 44.9 Å². The van der Waals surface area contributed by atoms with Gasteiger partial charge in [-0.2, -0.15) is 0 Å². The number of nitrogens with one attached hydrogen (secondary N) is 2. The number of fused-ring (bicyclic) bond motifs is 1. The maximum Gasteiger partial charge on any atom is 0.222 e. The number of hydrogen-bond donors (Lipinski definition) is 2. The lowest BCUT2D eigenvalue weighted by Crippen LogP contribution is -2.25. The molecule has 1 amide bonds. The van der Waals surface area contributed by atoms with Crippen LogP contribution in [0.1, 0.15) is 23.8 Å². The largest absolute Gasteiger partial charge is 0.369 e. The molecular weight excluding hydrogens is 356 g/mol. The number of nitrogens with zero attached hydrogens (tertiary/aromatic N) is 2. The Kier molecular flexibility index (Phi) is 5.83. The number of aromatic nitrogens is 2. The van der Waals surface area contributed by atoms with Crippen molar-refractivity contribution in [3.05, 3.63) is 52.1 Å². The zero-order valence-electron chi connectivity index (χ0n) is 13.9. The summed E-state index contributed by atoms with van der Waals surface area (Å²) in [7, 11) is 0. The van der Waals surface area contributed by atoms with E-state index in [4.69, 9.17) is 11.6 Å². The average molecular weight is 375 g/mol. The highest BCUT2D eigenvalue weighted by molar-refractivity contribution is 7.18. The van der Waals surface area contributed by atoms with E-state index in [0.717, 1.165) is 28.0 Å². The first-order valence-electron chi connectivity index (χ1n) is 8.14.